The molecule has 0 aliphatic heterocycles. The van der Waals surface area contributed by atoms with Crippen LogP contribution in [0.1, 0.15) is 35.2 Å². The van der Waals surface area contributed by atoms with E-state index in [4.69, 9.17) is 0 Å². The van der Waals surface area contributed by atoms with Gasteiger partial charge in [0.05, 0.1) is 0 Å². The maximum Gasteiger partial charge on any atom is 0.228 e. The lowest BCUT2D eigenvalue weighted by Gasteiger charge is -2.06. The van der Waals surface area contributed by atoms with Crippen LogP contribution in [0.2, 0.25) is 0 Å². The maximum atomic E-state index is 12.9. The third kappa shape index (κ3) is 3.06. The molecule has 1 saturated carbocycles. The summed E-state index contributed by atoms with van der Waals surface area (Å²) in [5.41, 5.74) is 2.29. The Morgan fingerprint density at radius 3 is 2.27 bits per heavy atom. The molecular weight excluding hydrogens is 281 g/mol. The molecule has 112 valence electrons. The van der Waals surface area contributed by atoms with Crippen LogP contribution >= 0.6 is 0 Å². The molecule has 0 spiro atoms. The van der Waals surface area contributed by atoms with E-state index in [2.05, 4.69) is 5.32 Å². The Kier molecular flexibility index (Phi) is 3.75. The summed E-state index contributed by atoms with van der Waals surface area (Å²) >= 11 is 0. The van der Waals surface area contributed by atoms with Gasteiger partial charge in [0.1, 0.15) is 5.82 Å². The molecule has 1 amide bonds. The van der Waals surface area contributed by atoms with Gasteiger partial charge in [0.25, 0.3) is 0 Å². The number of halogens is 1. The molecule has 0 aromatic heterocycles. The summed E-state index contributed by atoms with van der Waals surface area (Å²) in [5, 5.41) is 2.86. The zero-order valence-corrected chi connectivity index (χ0v) is 12.2. The zero-order chi connectivity index (χ0) is 15.7. The third-order valence-corrected chi connectivity index (χ3v) is 3.98. The second-order valence-corrected chi connectivity index (χ2v) is 5.62. The SMILES string of the molecule is CC(=O)c1ccc(NC(=O)C2CC2c2ccc(F)cc2)cc1. The predicted octanol–water partition coefficient (Wildman–Crippen LogP) is 3.77. The van der Waals surface area contributed by atoms with Crippen LogP contribution in [0.3, 0.4) is 0 Å². The lowest BCUT2D eigenvalue weighted by atomic mass is 10.1. The number of hydrogen-bond donors (Lipinski definition) is 1. The lowest BCUT2D eigenvalue weighted by Crippen LogP contribution is -2.14. The summed E-state index contributed by atoms with van der Waals surface area (Å²) in [7, 11) is 0. The molecule has 2 atom stereocenters. The summed E-state index contributed by atoms with van der Waals surface area (Å²) in [6, 6.07) is 13.1. The lowest BCUT2D eigenvalue weighted by molar-refractivity contribution is -0.117. The molecule has 3 nitrogen and oxygen atoms in total. The molecule has 2 aromatic rings. The number of nitrogens with one attached hydrogen (secondary N) is 1. The van der Waals surface area contributed by atoms with Gasteiger partial charge < -0.3 is 5.32 Å². The normalized spacial score (nSPS) is 19.5. The molecule has 22 heavy (non-hydrogen) atoms. The van der Waals surface area contributed by atoms with Crippen LogP contribution < -0.4 is 5.32 Å². The van der Waals surface area contributed by atoms with E-state index < -0.39 is 0 Å². The summed E-state index contributed by atoms with van der Waals surface area (Å²) < 4.78 is 12.9. The number of benzene rings is 2. The number of rotatable bonds is 4. The molecule has 4 heteroatoms. The van der Waals surface area contributed by atoms with Crippen molar-refractivity contribution in [1.82, 2.24) is 0 Å². The molecule has 0 saturated heterocycles. The largest absolute Gasteiger partial charge is 0.326 e. The van der Waals surface area contributed by atoms with Crippen molar-refractivity contribution in [2.45, 2.75) is 19.3 Å². The van der Waals surface area contributed by atoms with Gasteiger partial charge in [-0.3, -0.25) is 9.59 Å². The van der Waals surface area contributed by atoms with E-state index in [1.165, 1.54) is 19.1 Å². The Morgan fingerprint density at radius 1 is 1.05 bits per heavy atom. The van der Waals surface area contributed by atoms with Crippen LogP contribution in [-0.2, 0) is 4.79 Å². The van der Waals surface area contributed by atoms with Gasteiger partial charge in [0, 0.05) is 17.2 Å². The van der Waals surface area contributed by atoms with Crippen LogP contribution in [0.25, 0.3) is 0 Å². The smallest absolute Gasteiger partial charge is 0.228 e. The number of ketones is 1. The number of amides is 1. The van der Waals surface area contributed by atoms with Crippen LogP contribution in [-0.4, -0.2) is 11.7 Å². The van der Waals surface area contributed by atoms with Gasteiger partial charge in [-0.25, -0.2) is 4.39 Å². The summed E-state index contributed by atoms with van der Waals surface area (Å²) in [6.45, 7) is 1.51. The Labute approximate surface area is 128 Å². The van der Waals surface area contributed by atoms with Crippen molar-refractivity contribution in [3.05, 3.63) is 65.5 Å². The zero-order valence-electron chi connectivity index (χ0n) is 12.2. The second kappa shape index (κ2) is 5.72. The Morgan fingerprint density at radius 2 is 1.68 bits per heavy atom. The first-order valence-corrected chi connectivity index (χ1v) is 7.22. The molecule has 0 heterocycles. The van der Waals surface area contributed by atoms with Crippen LogP contribution in [0.4, 0.5) is 10.1 Å². The molecule has 3 rings (SSSR count). The minimum absolute atomic E-state index is 0.00329. The van der Waals surface area contributed by atoms with E-state index in [0.29, 0.717) is 11.3 Å². The molecule has 1 N–H and O–H groups in total. The molecule has 2 unspecified atom stereocenters. The Balaban J connectivity index is 1.61. The Hall–Kier alpha value is -2.49. The molecule has 0 radical (unpaired) electrons. The highest BCUT2D eigenvalue weighted by atomic mass is 19.1. The second-order valence-electron chi connectivity index (χ2n) is 5.62. The Bertz CT molecular complexity index is 707. The van der Waals surface area contributed by atoms with Crippen molar-refractivity contribution in [3.8, 4) is 0 Å². The highest BCUT2D eigenvalue weighted by molar-refractivity contribution is 5.97. The molecule has 1 fully saturated rings. The van der Waals surface area contributed by atoms with Crippen LogP contribution in [0.15, 0.2) is 48.5 Å². The van der Waals surface area contributed by atoms with Gasteiger partial charge in [-0.1, -0.05) is 12.1 Å². The number of anilines is 1. The van der Waals surface area contributed by atoms with Crippen molar-refractivity contribution in [3.63, 3.8) is 0 Å². The number of Topliss-reactive ketones (excluding diaryl/α,β-unsaturated/α-hetero) is 1. The summed E-state index contributed by atoms with van der Waals surface area (Å²) in [6.07, 6.45) is 0.781. The monoisotopic (exact) mass is 297 g/mol. The van der Waals surface area contributed by atoms with Crippen molar-refractivity contribution in [2.75, 3.05) is 5.32 Å². The molecule has 0 bridgehead atoms. The molecule has 2 aromatic carbocycles. The number of carbonyl (C=O) groups is 2. The fourth-order valence-corrected chi connectivity index (χ4v) is 2.59. The van der Waals surface area contributed by atoms with Crippen LogP contribution in [0, 0.1) is 11.7 Å². The van der Waals surface area contributed by atoms with Gasteiger partial charge in [0.2, 0.25) is 5.91 Å². The van der Waals surface area contributed by atoms with E-state index in [1.54, 1.807) is 36.4 Å². The van der Waals surface area contributed by atoms with E-state index >= 15 is 0 Å². The minimum Gasteiger partial charge on any atom is -0.326 e. The third-order valence-electron chi connectivity index (χ3n) is 3.98. The fraction of sp³-hybridized carbons (Fsp3) is 0.222. The number of hydrogen-bond acceptors (Lipinski definition) is 2. The van der Waals surface area contributed by atoms with Gasteiger partial charge >= 0.3 is 0 Å². The first-order valence-electron chi connectivity index (χ1n) is 7.22. The maximum absolute atomic E-state index is 12.9. The van der Waals surface area contributed by atoms with E-state index in [0.717, 1.165) is 12.0 Å². The minimum atomic E-state index is -0.268. The van der Waals surface area contributed by atoms with Gasteiger partial charge in [0.15, 0.2) is 5.78 Å². The highest BCUT2D eigenvalue weighted by Gasteiger charge is 2.43. The topological polar surface area (TPSA) is 46.2 Å². The molecule has 1 aliphatic rings. The fourth-order valence-electron chi connectivity index (χ4n) is 2.59. The number of carbonyl (C=O) groups excluding carboxylic acids is 2. The summed E-state index contributed by atoms with van der Waals surface area (Å²) in [5.74, 6) is -0.215. The average molecular weight is 297 g/mol. The molecule has 1 aliphatic carbocycles. The van der Waals surface area contributed by atoms with Gasteiger partial charge in [-0.05, 0) is 61.2 Å². The van der Waals surface area contributed by atoms with E-state index in [1.807, 2.05) is 0 Å². The average Bonchev–Trinajstić information content (AvgIpc) is 3.29. The standard InChI is InChI=1S/C18H16FNO2/c1-11(21)12-4-8-15(9-5-12)20-18(22)17-10-16(17)13-2-6-14(19)7-3-13/h2-9,16-17H,10H2,1H3,(H,20,22). The van der Waals surface area contributed by atoms with Gasteiger partial charge in [-0.15, -0.1) is 0 Å². The van der Waals surface area contributed by atoms with Crippen LogP contribution in [0.5, 0.6) is 0 Å². The first kappa shape index (κ1) is 14.4. The quantitative estimate of drug-likeness (QED) is 0.873. The first-order chi connectivity index (χ1) is 10.5. The van der Waals surface area contributed by atoms with Crippen molar-refractivity contribution >= 4 is 17.4 Å². The predicted molar refractivity (Wildman–Crippen MR) is 82.3 cm³/mol. The van der Waals surface area contributed by atoms with E-state index in [-0.39, 0.29) is 29.3 Å². The van der Waals surface area contributed by atoms with Gasteiger partial charge in [-0.2, -0.15) is 0 Å². The van der Waals surface area contributed by atoms with E-state index in [9.17, 15) is 14.0 Å². The van der Waals surface area contributed by atoms with Crippen molar-refractivity contribution < 1.29 is 14.0 Å². The highest BCUT2D eigenvalue weighted by Crippen LogP contribution is 2.47. The molecular formula is C18H16FNO2. The van der Waals surface area contributed by atoms with Crippen molar-refractivity contribution in [1.29, 1.82) is 0 Å². The summed E-state index contributed by atoms with van der Waals surface area (Å²) in [4.78, 5) is 23.4. The van der Waals surface area contributed by atoms with Crippen molar-refractivity contribution in [2.24, 2.45) is 5.92 Å².